The van der Waals surface area contributed by atoms with Crippen LogP contribution in [-0.4, -0.2) is 17.5 Å². The van der Waals surface area contributed by atoms with Crippen molar-refractivity contribution >= 4 is 0 Å². The summed E-state index contributed by atoms with van der Waals surface area (Å²) in [6, 6.07) is 0.523. The molecule has 2 atom stereocenters. The quantitative estimate of drug-likeness (QED) is 0.429. The maximum atomic E-state index is 2.62. The van der Waals surface area contributed by atoms with Crippen LogP contribution in [0.1, 0.15) is 73.6 Å². The normalized spacial score (nSPS) is 31.8. The van der Waals surface area contributed by atoms with Crippen LogP contribution in [0.15, 0.2) is 47.2 Å². The van der Waals surface area contributed by atoms with Gasteiger partial charge in [-0.05, 0) is 87.2 Å². The summed E-state index contributed by atoms with van der Waals surface area (Å²) in [4.78, 5) is 2.56. The van der Waals surface area contributed by atoms with Crippen molar-refractivity contribution in [1.29, 1.82) is 0 Å². The number of nitrogens with zero attached hydrogens (tertiary/aromatic N) is 1. The Morgan fingerprint density at radius 2 is 2.00 bits per heavy atom. The van der Waals surface area contributed by atoms with Crippen LogP contribution in [0, 0.1) is 23.2 Å². The van der Waals surface area contributed by atoms with E-state index in [-0.39, 0.29) is 0 Å². The minimum atomic E-state index is 0.523. The van der Waals surface area contributed by atoms with E-state index in [0.717, 1.165) is 11.8 Å². The van der Waals surface area contributed by atoms with Crippen LogP contribution >= 0.6 is 0 Å². The molecule has 0 aromatic rings. The number of hydrogen-bond donors (Lipinski definition) is 0. The van der Waals surface area contributed by atoms with Crippen LogP contribution in [0.4, 0.5) is 0 Å². The van der Waals surface area contributed by atoms with Crippen molar-refractivity contribution in [3.05, 3.63) is 47.2 Å². The lowest BCUT2D eigenvalue weighted by Gasteiger charge is -2.39. The summed E-state index contributed by atoms with van der Waals surface area (Å²) in [5.41, 5.74) is 5.32. The summed E-state index contributed by atoms with van der Waals surface area (Å²) in [7, 11) is 0. The Balaban J connectivity index is 1.60. The van der Waals surface area contributed by atoms with Crippen molar-refractivity contribution < 1.29 is 0 Å². The molecule has 0 spiro atoms. The standard InChI is InChI=1S/C25H39N/c1-7-8-9-21(13-23-14-22-15-25(23,6)16-22)10-11-26-17-19(4)24(18(2)3)12-20(26)5/h7-8,12,14,17-18,20-22H,9-11,13,15-16H2,1-6H3/b8-7-/t20?,21-,22?,25?/m0/s1. The van der Waals surface area contributed by atoms with Crippen LogP contribution in [-0.2, 0) is 0 Å². The summed E-state index contributed by atoms with van der Waals surface area (Å²) in [5, 5.41) is 0. The number of allylic oxidation sites excluding steroid dienone is 6. The predicted molar refractivity (Wildman–Crippen MR) is 114 cm³/mol. The third-order valence-electron chi connectivity index (χ3n) is 7.03. The average Bonchev–Trinajstić information content (AvgIpc) is 3.03. The van der Waals surface area contributed by atoms with E-state index in [9.17, 15) is 0 Å². The maximum Gasteiger partial charge on any atom is 0.0445 e. The van der Waals surface area contributed by atoms with Crippen molar-refractivity contribution in [2.45, 2.75) is 79.7 Å². The van der Waals surface area contributed by atoms with Gasteiger partial charge in [-0.1, -0.05) is 50.6 Å². The van der Waals surface area contributed by atoms with Crippen molar-refractivity contribution in [3.63, 3.8) is 0 Å². The van der Waals surface area contributed by atoms with E-state index < -0.39 is 0 Å². The van der Waals surface area contributed by atoms with E-state index in [1.807, 2.05) is 0 Å². The van der Waals surface area contributed by atoms with Crippen molar-refractivity contribution in [2.75, 3.05) is 6.54 Å². The molecule has 0 aromatic heterocycles. The Labute approximate surface area is 161 Å². The van der Waals surface area contributed by atoms with Gasteiger partial charge in [-0.25, -0.2) is 0 Å². The molecular formula is C25H39N. The molecule has 3 aliphatic carbocycles. The minimum Gasteiger partial charge on any atom is -0.371 e. The lowest BCUT2D eigenvalue weighted by Crippen LogP contribution is -2.32. The second-order valence-corrected chi connectivity index (χ2v) is 9.65. The van der Waals surface area contributed by atoms with E-state index >= 15 is 0 Å². The molecular weight excluding hydrogens is 314 g/mol. The smallest absolute Gasteiger partial charge is 0.0445 e. The Bertz CT molecular complexity index is 625. The van der Waals surface area contributed by atoms with Crippen molar-refractivity contribution in [2.24, 2.45) is 23.2 Å². The van der Waals surface area contributed by atoms with Gasteiger partial charge in [-0.15, -0.1) is 0 Å². The summed E-state index contributed by atoms with van der Waals surface area (Å²) >= 11 is 0. The van der Waals surface area contributed by atoms with E-state index in [1.54, 1.807) is 5.57 Å². The molecule has 1 fully saturated rings. The molecule has 4 rings (SSSR count). The molecule has 0 saturated heterocycles. The lowest BCUT2D eigenvalue weighted by atomic mass is 9.66. The van der Waals surface area contributed by atoms with Gasteiger partial charge in [0.1, 0.15) is 0 Å². The van der Waals surface area contributed by atoms with E-state index in [4.69, 9.17) is 0 Å². The largest absolute Gasteiger partial charge is 0.371 e. The van der Waals surface area contributed by atoms with Crippen LogP contribution < -0.4 is 0 Å². The third-order valence-corrected chi connectivity index (χ3v) is 7.03. The highest BCUT2D eigenvalue weighted by Gasteiger charge is 2.47. The first-order chi connectivity index (χ1) is 12.3. The van der Waals surface area contributed by atoms with Gasteiger partial charge in [0.05, 0.1) is 0 Å². The molecule has 144 valence electrons. The second-order valence-electron chi connectivity index (χ2n) is 9.65. The fourth-order valence-electron chi connectivity index (χ4n) is 5.40. The molecule has 4 aliphatic rings. The molecule has 26 heavy (non-hydrogen) atoms. The second kappa shape index (κ2) is 7.79. The number of hydrogen-bond acceptors (Lipinski definition) is 1. The van der Waals surface area contributed by atoms with Gasteiger partial charge in [0, 0.05) is 18.8 Å². The Hall–Kier alpha value is -1.24. The van der Waals surface area contributed by atoms with Gasteiger partial charge >= 0.3 is 0 Å². The highest BCUT2D eigenvalue weighted by Crippen LogP contribution is 2.59. The van der Waals surface area contributed by atoms with Gasteiger partial charge in [0.25, 0.3) is 0 Å². The Morgan fingerprint density at radius 1 is 1.27 bits per heavy atom. The SMILES string of the molecule is C/C=C\C[C@@H](CCN1C=C(C)C(C(C)C)=CC1C)CC1=CC2CC1(C)C2. The molecule has 1 heteroatoms. The fraction of sp³-hybridized carbons (Fsp3) is 0.680. The molecule has 1 unspecified atom stereocenters. The van der Waals surface area contributed by atoms with Gasteiger partial charge in [-0.2, -0.15) is 0 Å². The van der Waals surface area contributed by atoms with E-state index in [1.165, 1.54) is 49.8 Å². The summed E-state index contributed by atoms with van der Waals surface area (Å²) in [5.74, 6) is 2.31. The number of rotatable bonds is 8. The first-order valence-corrected chi connectivity index (χ1v) is 10.8. The van der Waals surface area contributed by atoms with Crippen LogP contribution in [0.25, 0.3) is 0 Å². The average molecular weight is 354 g/mol. The van der Waals surface area contributed by atoms with Gasteiger partial charge in [0.15, 0.2) is 0 Å². The van der Waals surface area contributed by atoms with Gasteiger partial charge in [0.2, 0.25) is 0 Å². The van der Waals surface area contributed by atoms with Crippen LogP contribution in [0.5, 0.6) is 0 Å². The van der Waals surface area contributed by atoms with Crippen molar-refractivity contribution in [3.8, 4) is 0 Å². The van der Waals surface area contributed by atoms with E-state index in [0.29, 0.717) is 17.4 Å². The third kappa shape index (κ3) is 4.02. The fourth-order valence-corrected chi connectivity index (χ4v) is 5.40. The molecule has 0 radical (unpaired) electrons. The van der Waals surface area contributed by atoms with Gasteiger partial charge < -0.3 is 4.90 Å². The molecule has 1 saturated carbocycles. The molecule has 0 N–H and O–H groups in total. The van der Waals surface area contributed by atoms with Crippen LogP contribution in [0.3, 0.4) is 0 Å². The first kappa shape index (κ1) is 19.5. The molecule has 2 bridgehead atoms. The molecule has 0 aromatic carbocycles. The zero-order chi connectivity index (χ0) is 18.9. The summed E-state index contributed by atoms with van der Waals surface area (Å²) in [6.45, 7) is 15.1. The van der Waals surface area contributed by atoms with Crippen molar-refractivity contribution in [1.82, 2.24) is 4.90 Å². The predicted octanol–water partition coefficient (Wildman–Crippen LogP) is 6.90. The van der Waals surface area contributed by atoms with E-state index in [2.05, 4.69) is 76.9 Å². The van der Waals surface area contributed by atoms with Gasteiger partial charge in [-0.3, -0.25) is 0 Å². The summed E-state index contributed by atoms with van der Waals surface area (Å²) < 4.78 is 0. The maximum absolute atomic E-state index is 2.62. The zero-order valence-electron chi connectivity index (χ0n) is 17.9. The highest BCUT2D eigenvalue weighted by molar-refractivity contribution is 5.35. The summed E-state index contributed by atoms with van der Waals surface area (Å²) in [6.07, 6.45) is 18.8. The minimum absolute atomic E-state index is 0.523. The Morgan fingerprint density at radius 3 is 2.58 bits per heavy atom. The lowest BCUT2D eigenvalue weighted by molar-refractivity contribution is 0.181. The Kier molecular flexibility index (Phi) is 5.85. The molecule has 1 aliphatic heterocycles. The zero-order valence-corrected chi connectivity index (χ0v) is 17.9. The monoisotopic (exact) mass is 353 g/mol. The molecule has 1 nitrogen and oxygen atoms in total. The molecule has 0 amide bonds. The van der Waals surface area contributed by atoms with Crippen LogP contribution in [0.2, 0.25) is 0 Å². The molecule has 1 heterocycles. The highest BCUT2D eigenvalue weighted by atomic mass is 15.1. The topological polar surface area (TPSA) is 3.24 Å². The first-order valence-electron chi connectivity index (χ1n) is 10.8.